The molecule has 21 heavy (non-hydrogen) atoms. The normalized spacial score (nSPS) is 20.0. The third-order valence-electron chi connectivity index (χ3n) is 4.43. The number of carbonyl (C=O) groups excluding carboxylic acids is 1. The van der Waals surface area contributed by atoms with Gasteiger partial charge in [0.1, 0.15) is 0 Å². The summed E-state index contributed by atoms with van der Waals surface area (Å²) in [5.74, 6) is 0.752. The monoisotopic (exact) mass is 289 g/mol. The van der Waals surface area contributed by atoms with E-state index in [-0.39, 0.29) is 11.9 Å². The number of benzene rings is 1. The van der Waals surface area contributed by atoms with Crippen LogP contribution >= 0.6 is 0 Å². The zero-order chi connectivity index (χ0) is 15.6. The molecule has 116 valence electrons. The van der Waals surface area contributed by atoms with E-state index in [1.54, 1.807) is 4.90 Å². The second-order valence-corrected chi connectivity index (χ2v) is 6.45. The molecule has 1 amide bonds. The summed E-state index contributed by atoms with van der Waals surface area (Å²) in [6.45, 7) is 5.36. The van der Waals surface area contributed by atoms with Crippen LogP contribution in [0.15, 0.2) is 24.3 Å². The van der Waals surface area contributed by atoms with Crippen molar-refractivity contribution >= 4 is 11.6 Å². The number of hydrogen-bond acceptors (Lipinski definition) is 3. The van der Waals surface area contributed by atoms with Crippen molar-refractivity contribution in [3.05, 3.63) is 29.8 Å². The topological polar surface area (TPSA) is 35.6 Å². The van der Waals surface area contributed by atoms with Crippen molar-refractivity contribution in [2.45, 2.75) is 32.4 Å². The number of anilines is 1. The molecule has 0 saturated carbocycles. The Morgan fingerprint density at radius 2 is 2.00 bits per heavy atom. The number of nitrogens with one attached hydrogen (secondary N) is 1. The SMILES string of the molecule is CC(C)C(CNC1CC(=O)N(C)c2ccccc21)N(C)C. The molecule has 1 aliphatic heterocycles. The van der Waals surface area contributed by atoms with E-state index in [9.17, 15) is 4.79 Å². The predicted octanol–water partition coefficient (Wildman–Crippen LogP) is 2.27. The fourth-order valence-corrected chi connectivity index (χ4v) is 3.10. The second kappa shape index (κ2) is 6.58. The van der Waals surface area contributed by atoms with Crippen molar-refractivity contribution in [1.29, 1.82) is 0 Å². The second-order valence-electron chi connectivity index (χ2n) is 6.45. The van der Waals surface area contributed by atoms with Crippen LogP contribution in [0, 0.1) is 5.92 Å². The van der Waals surface area contributed by atoms with E-state index in [0.29, 0.717) is 18.4 Å². The summed E-state index contributed by atoms with van der Waals surface area (Å²) < 4.78 is 0. The first-order valence-electron chi connectivity index (χ1n) is 7.67. The molecule has 2 atom stereocenters. The van der Waals surface area contributed by atoms with Crippen molar-refractivity contribution in [2.24, 2.45) is 5.92 Å². The average Bonchev–Trinajstić information content (AvgIpc) is 2.43. The number of amides is 1. The molecule has 4 heteroatoms. The summed E-state index contributed by atoms with van der Waals surface area (Å²) in [6.07, 6.45) is 0.533. The Kier molecular flexibility index (Phi) is 5.01. The lowest BCUT2D eigenvalue weighted by atomic mass is 9.95. The molecule has 0 bridgehead atoms. The molecule has 0 aromatic heterocycles. The maximum Gasteiger partial charge on any atom is 0.228 e. The summed E-state index contributed by atoms with van der Waals surface area (Å²) in [7, 11) is 6.08. The standard InChI is InChI=1S/C17H27N3O/c1-12(2)16(19(3)4)11-18-14-10-17(21)20(5)15-9-7-6-8-13(14)15/h6-9,12,14,16,18H,10-11H2,1-5H3. The highest BCUT2D eigenvalue weighted by molar-refractivity contribution is 5.96. The summed E-state index contributed by atoms with van der Waals surface area (Å²) >= 11 is 0. The zero-order valence-electron chi connectivity index (χ0n) is 13.8. The fourth-order valence-electron chi connectivity index (χ4n) is 3.10. The molecule has 0 aliphatic carbocycles. The van der Waals surface area contributed by atoms with Crippen molar-refractivity contribution in [3.8, 4) is 0 Å². The zero-order valence-corrected chi connectivity index (χ0v) is 13.8. The largest absolute Gasteiger partial charge is 0.315 e. The lowest BCUT2D eigenvalue weighted by Crippen LogP contribution is -2.45. The Morgan fingerprint density at radius 3 is 2.62 bits per heavy atom. The molecule has 0 fully saturated rings. The van der Waals surface area contributed by atoms with Gasteiger partial charge in [-0.15, -0.1) is 0 Å². The molecule has 0 spiro atoms. The van der Waals surface area contributed by atoms with Gasteiger partial charge in [-0.05, 0) is 31.6 Å². The Labute approximate surface area is 128 Å². The number of rotatable bonds is 5. The van der Waals surface area contributed by atoms with Crippen LogP contribution in [0.3, 0.4) is 0 Å². The van der Waals surface area contributed by atoms with Gasteiger partial charge in [-0.2, -0.15) is 0 Å². The third kappa shape index (κ3) is 3.44. The highest BCUT2D eigenvalue weighted by Crippen LogP contribution is 2.33. The molecule has 1 aromatic carbocycles. The van der Waals surface area contributed by atoms with E-state index in [2.05, 4.69) is 44.2 Å². The van der Waals surface area contributed by atoms with Gasteiger partial charge in [0.2, 0.25) is 5.91 Å². The summed E-state index contributed by atoms with van der Waals surface area (Å²) in [5.41, 5.74) is 2.25. The first-order chi connectivity index (χ1) is 9.91. The number of para-hydroxylation sites is 1. The number of likely N-dealkylation sites (N-methyl/N-ethyl adjacent to an activating group) is 1. The van der Waals surface area contributed by atoms with Crippen molar-refractivity contribution in [1.82, 2.24) is 10.2 Å². The molecule has 2 unspecified atom stereocenters. The lowest BCUT2D eigenvalue weighted by Gasteiger charge is -2.35. The van der Waals surface area contributed by atoms with Gasteiger partial charge in [0, 0.05) is 37.8 Å². The summed E-state index contributed by atoms with van der Waals surface area (Å²) in [4.78, 5) is 16.2. The van der Waals surface area contributed by atoms with E-state index >= 15 is 0 Å². The molecular formula is C17H27N3O. The minimum Gasteiger partial charge on any atom is -0.315 e. The number of carbonyl (C=O) groups is 1. The average molecular weight is 289 g/mol. The van der Waals surface area contributed by atoms with Crippen LogP contribution in [0.4, 0.5) is 5.69 Å². The van der Waals surface area contributed by atoms with Crippen molar-refractivity contribution in [2.75, 3.05) is 32.6 Å². The quantitative estimate of drug-likeness (QED) is 0.903. The van der Waals surface area contributed by atoms with Gasteiger partial charge < -0.3 is 15.1 Å². The van der Waals surface area contributed by atoms with Crippen LogP contribution < -0.4 is 10.2 Å². The van der Waals surface area contributed by atoms with Gasteiger partial charge in [-0.3, -0.25) is 4.79 Å². The Bertz CT molecular complexity index is 491. The first-order valence-corrected chi connectivity index (χ1v) is 7.67. The molecule has 1 aliphatic rings. The van der Waals surface area contributed by atoms with Gasteiger partial charge in [0.05, 0.1) is 0 Å². The van der Waals surface area contributed by atoms with Gasteiger partial charge in [0.25, 0.3) is 0 Å². The molecule has 2 rings (SSSR count). The maximum absolute atomic E-state index is 12.2. The first kappa shape index (κ1) is 16.0. The van der Waals surface area contributed by atoms with Crippen LogP contribution in [0.25, 0.3) is 0 Å². The minimum atomic E-state index is 0.117. The molecule has 0 saturated heterocycles. The molecule has 1 N–H and O–H groups in total. The van der Waals surface area contributed by atoms with E-state index in [1.807, 2.05) is 25.2 Å². The number of hydrogen-bond donors (Lipinski definition) is 1. The third-order valence-corrected chi connectivity index (χ3v) is 4.43. The van der Waals surface area contributed by atoms with Gasteiger partial charge in [-0.1, -0.05) is 32.0 Å². The van der Waals surface area contributed by atoms with Crippen LogP contribution in [-0.4, -0.2) is 44.5 Å². The molecular weight excluding hydrogens is 262 g/mol. The van der Waals surface area contributed by atoms with Crippen LogP contribution in [-0.2, 0) is 4.79 Å². The molecule has 4 nitrogen and oxygen atoms in total. The van der Waals surface area contributed by atoms with Gasteiger partial charge in [0.15, 0.2) is 0 Å². The van der Waals surface area contributed by atoms with E-state index in [4.69, 9.17) is 0 Å². The highest BCUT2D eigenvalue weighted by Gasteiger charge is 2.29. The van der Waals surface area contributed by atoms with Gasteiger partial charge in [-0.25, -0.2) is 0 Å². The predicted molar refractivity (Wildman–Crippen MR) is 87.5 cm³/mol. The molecule has 1 heterocycles. The fraction of sp³-hybridized carbons (Fsp3) is 0.588. The van der Waals surface area contributed by atoms with E-state index < -0.39 is 0 Å². The van der Waals surface area contributed by atoms with E-state index in [1.165, 1.54) is 5.56 Å². The van der Waals surface area contributed by atoms with Crippen LogP contribution in [0.5, 0.6) is 0 Å². The molecule has 1 aromatic rings. The van der Waals surface area contributed by atoms with Crippen molar-refractivity contribution < 1.29 is 4.79 Å². The maximum atomic E-state index is 12.2. The Morgan fingerprint density at radius 1 is 1.33 bits per heavy atom. The van der Waals surface area contributed by atoms with Crippen LogP contribution in [0.1, 0.15) is 31.9 Å². The summed E-state index contributed by atoms with van der Waals surface area (Å²) in [6, 6.07) is 8.76. The van der Waals surface area contributed by atoms with Crippen molar-refractivity contribution in [3.63, 3.8) is 0 Å². The highest BCUT2D eigenvalue weighted by atomic mass is 16.2. The minimum absolute atomic E-state index is 0.117. The van der Waals surface area contributed by atoms with Crippen LogP contribution in [0.2, 0.25) is 0 Å². The Hall–Kier alpha value is -1.39. The smallest absolute Gasteiger partial charge is 0.228 e. The molecule has 0 radical (unpaired) electrons. The number of fused-ring (bicyclic) bond motifs is 1. The summed E-state index contributed by atoms with van der Waals surface area (Å²) in [5, 5.41) is 3.60. The lowest BCUT2D eigenvalue weighted by molar-refractivity contribution is -0.119. The van der Waals surface area contributed by atoms with E-state index in [0.717, 1.165) is 12.2 Å². The number of nitrogens with zero attached hydrogens (tertiary/aromatic N) is 2. The Balaban J connectivity index is 2.14. The van der Waals surface area contributed by atoms with Gasteiger partial charge >= 0.3 is 0 Å².